The summed E-state index contributed by atoms with van der Waals surface area (Å²) in [7, 11) is 0. The molecule has 3 nitrogen and oxygen atoms in total. The van der Waals surface area contributed by atoms with Crippen molar-refractivity contribution in [3.63, 3.8) is 0 Å². The quantitative estimate of drug-likeness (QED) is 0.786. The highest BCUT2D eigenvalue weighted by atomic mass is 79.9. The van der Waals surface area contributed by atoms with Gasteiger partial charge < -0.3 is 5.32 Å². The minimum absolute atomic E-state index is 0.585. The molecule has 0 saturated carbocycles. The van der Waals surface area contributed by atoms with Gasteiger partial charge in [-0.05, 0) is 54.6 Å². The van der Waals surface area contributed by atoms with Crippen LogP contribution in [0.15, 0.2) is 4.47 Å². The molecule has 0 aliphatic carbocycles. The highest BCUT2D eigenvalue weighted by Gasteiger charge is 2.20. The lowest BCUT2D eigenvalue weighted by Crippen LogP contribution is -2.35. The van der Waals surface area contributed by atoms with Gasteiger partial charge >= 0.3 is 0 Å². The summed E-state index contributed by atoms with van der Waals surface area (Å²) in [5.74, 6) is 0.618. The molecule has 0 saturated heterocycles. The van der Waals surface area contributed by atoms with E-state index in [4.69, 9.17) is 0 Å². The average molecular weight is 330 g/mol. The number of rotatable bonds is 8. The number of nitrogens with one attached hydrogen (secondary N) is 1. The Morgan fingerprint density at radius 2 is 1.95 bits per heavy atom. The molecule has 19 heavy (non-hydrogen) atoms. The Hall–Kier alpha value is -0.350. The van der Waals surface area contributed by atoms with Crippen molar-refractivity contribution >= 4 is 15.9 Å². The summed E-state index contributed by atoms with van der Waals surface area (Å²) >= 11 is 3.74. The monoisotopic (exact) mass is 329 g/mol. The lowest BCUT2D eigenvalue weighted by atomic mass is 9.94. The van der Waals surface area contributed by atoms with E-state index in [1.807, 2.05) is 0 Å². The molecule has 0 spiro atoms. The van der Waals surface area contributed by atoms with Gasteiger partial charge in [0.15, 0.2) is 0 Å². The van der Waals surface area contributed by atoms with Crippen molar-refractivity contribution in [1.82, 2.24) is 15.1 Å². The van der Waals surface area contributed by atoms with Gasteiger partial charge in [0.2, 0.25) is 0 Å². The van der Waals surface area contributed by atoms with E-state index in [1.165, 1.54) is 22.3 Å². The summed E-state index contributed by atoms with van der Waals surface area (Å²) in [6.45, 7) is 13.1. The van der Waals surface area contributed by atoms with Crippen molar-refractivity contribution in [2.45, 2.75) is 66.5 Å². The van der Waals surface area contributed by atoms with E-state index in [0.29, 0.717) is 12.0 Å². The van der Waals surface area contributed by atoms with Gasteiger partial charge in [0.1, 0.15) is 0 Å². The van der Waals surface area contributed by atoms with Crippen LogP contribution in [0.4, 0.5) is 0 Å². The van der Waals surface area contributed by atoms with Gasteiger partial charge in [-0.2, -0.15) is 5.10 Å². The predicted molar refractivity (Wildman–Crippen MR) is 85.6 cm³/mol. The number of aromatic nitrogens is 2. The van der Waals surface area contributed by atoms with Gasteiger partial charge in [-0.25, -0.2) is 0 Å². The summed E-state index contributed by atoms with van der Waals surface area (Å²) in [6, 6.07) is 0.585. The lowest BCUT2D eigenvalue weighted by molar-refractivity contribution is 0.363. The first-order valence-corrected chi connectivity index (χ1v) is 8.35. The Morgan fingerprint density at radius 1 is 1.26 bits per heavy atom. The second-order valence-electron chi connectivity index (χ2n) is 5.13. The van der Waals surface area contributed by atoms with Gasteiger partial charge in [-0.15, -0.1) is 0 Å². The van der Waals surface area contributed by atoms with Crippen molar-refractivity contribution in [2.75, 3.05) is 6.54 Å². The van der Waals surface area contributed by atoms with Crippen LogP contribution in [-0.4, -0.2) is 22.4 Å². The number of halogens is 1. The van der Waals surface area contributed by atoms with Gasteiger partial charge in [-0.3, -0.25) is 4.68 Å². The third-order valence-corrected chi connectivity index (χ3v) is 4.72. The van der Waals surface area contributed by atoms with Crippen LogP contribution >= 0.6 is 15.9 Å². The average Bonchev–Trinajstić information content (AvgIpc) is 2.72. The smallest absolute Gasteiger partial charge is 0.0766 e. The summed E-state index contributed by atoms with van der Waals surface area (Å²) in [5, 5.41) is 8.27. The van der Waals surface area contributed by atoms with Crippen LogP contribution in [-0.2, 0) is 19.4 Å². The molecule has 1 aromatic rings. The van der Waals surface area contributed by atoms with Crippen LogP contribution < -0.4 is 5.32 Å². The molecule has 1 N–H and O–H groups in total. The molecule has 0 aliphatic rings. The predicted octanol–water partition coefficient (Wildman–Crippen LogP) is 3.79. The first-order valence-electron chi connectivity index (χ1n) is 7.56. The number of hydrogen-bond acceptors (Lipinski definition) is 2. The van der Waals surface area contributed by atoms with Crippen LogP contribution in [0.1, 0.15) is 52.4 Å². The molecule has 0 radical (unpaired) electrons. The topological polar surface area (TPSA) is 29.9 Å². The lowest BCUT2D eigenvalue weighted by Gasteiger charge is -2.24. The maximum absolute atomic E-state index is 4.68. The fourth-order valence-electron chi connectivity index (χ4n) is 2.67. The van der Waals surface area contributed by atoms with Crippen LogP contribution in [0.3, 0.4) is 0 Å². The van der Waals surface area contributed by atoms with Crippen LogP contribution in [0.5, 0.6) is 0 Å². The minimum atomic E-state index is 0.585. The summed E-state index contributed by atoms with van der Waals surface area (Å²) in [4.78, 5) is 0. The largest absolute Gasteiger partial charge is 0.314 e. The fraction of sp³-hybridized carbons (Fsp3) is 0.800. The van der Waals surface area contributed by atoms with E-state index in [0.717, 1.165) is 25.9 Å². The molecule has 0 aromatic carbocycles. The normalized spacial score (nSPS) is 14.6. The summed E-state index contributed by atoms with van der Waals surface area (Å²) in [5.41, 5.74) is 2.53. The summed E-state index contributed by atoms with van der Waals surface area (Å²) in [6.07, 6.45) is 3.24. The highest BCUT2D eigenvalue weighted by Crippen LogP contribution is 2.26. The fourth-order valence-corrected chi connectivity index (χ4v) is 3.40. The molecular weight excluding hydrogens is 302 g/mol. The molecule has 2 unspecified atom stereocenters. The van der Waals surface area contributed by atoms with Crippen LogP contribution in [0, 0.1) is 5.92 Å². The van der Waals surface area contributed by atoms with E-state index in [2.05, 4.69) is 65.6 Å². The number of aryl methyl sites for hydroxylation is 2. The minimum Gasteiger partial charge on any atom is -0.314 e. The van der Waals surface area contributed by atoms with E-state index >= 15 is 0 Å². The van der Waals surface area contributed by atoms with E-state index in [-0.39, 0.29) is 0 Å². The van der Waals surface area contributed by atoms with Gasteiger partial charge in [-0.1, -0.05) is 27.7 Å². The van der Waals surface area contributed by atoms with E-state index in [1.54, 1.807) is 0 Å². The molecule has 0 amide bonds. The van der Waals surface area contributed by atoms with Crippen LogP contribution in [0.2, 0.25) is 0 Å². The third-order valence-electron chi connectivity index (χ3n) is 3.80. The van der Waals surface area contributed by atoms with Crippen molar-refractivity contribution in [2.24, 2.45) is 5.92 Å². The SMILES string of the molecule is CCNC(CC)C(C)Cc1c(Br)c(CC)nn1CC. The van der Waals surface area contributed by atoms with Gasteiger partial charge in [0, 0.05) is 12.6 Å². The molecule has 1 aromatic heterocycles. The molecule has 2 atom stereocenters. The van der Waals surface area contributed by atoms with E-state index in [9.17, 15) is 0 Å². The first-order chi connectivity index (χ1) is 9.08. The molecule has 0 fully saturated rings. The second kappa shape index (κ2) is 8.05. The first kappa shape index (κ1) is 16.7. The Kier molecular flexibility index (Phi) is 7.08. The Bertz CT molecular complexity index is 387. The van der Waals surface area contributed by atoms with Crippen molar-refractivity contribution < 1.29 is 0 Å². The summed E-state index contributed by atoms with van der Waals surface area (Å²) < 4.78 is 3.37. The molecule has 1 heterocycles. The zero-order chi connectivity index (χ0) is 14.4. The zero-order valence-electron chi connectivity index (χ0n) is 13.0. The molecular formula is C15H28BrN3. The maximum Gasteiger partial charge on any atom is 0.0766 e. The van der Waals surface area contributed by atoms with Crippen molar-refractivity contribution in [3.05, 3.63) is 15.9 Å². The Labute approximate surface area is 126 Å². The second-order valence-corrected chi connectivity index (χ2v) is 5.92. The molecule has 4 heteroatoms. The third kappa shape index (κ3) is 4.06. The number of nitrogens with zero attached hydrogens (tertiary/aromatic N) is 2. The Balaban J connectivity index is 2.88. The molecule has 0 aliphatic heterocycles. The maximum atomic E-state index is 4.68. The van der Waals surface area contributed by atoms with Crippen molar-refractivity contribution in [1.29, 1.82) is 0 Å². The molecule has 1 rings (SSSR count). The zero-order valence-corrected chi connectivity index (χ0v) is 14.5. The van der Waals surface area contributed by atoms with Gasteiger partial charge in [0.25, 0.3) is 0 Å². The number of hydrogen-bond donors (Lipinski definition) is 1. The molecule has 0 bridgehead atoms. The van der Waals surface area contributed by atoms with E-state index < -0.39 is 0 Å². The Morgan fingerprint density at radius 3 is 2.42 bits per heavy atom. The standard InChI is InChI=1S/C15H28BrN3/c1-6-12(17-8-3)11(5)10-14-15(16)13(7-2)18-19(14)9-4/h11-12,17H,6-10H2,1-5H3. The van der Waals surface area contributed by atoms with Crippen molar-refractivity contribution in [3.8, 4) is 0 Å². The van der Waals surface area contributed by atoms with Crippen LogP contribution in [0.25, 0.3) is 0 Å². The molecule has 110 valence electrons. The highest BCUT2D eigenvalue weighted by molar-refractivity contribution is 9.10. The van der Waals surface area contributed by atoms with Gasteiger partial charge in [0.05, 0.1) is 15.9 Å².